The topological polar surface area (TPSA) is 58.1 Å². The highest BCUT2D eigenvalue weighted by molar-refractivity contribution is 14.0. The van der Waals surface area contributed by atoms with Crippen molar-refractivity contribution in [2.75, 3.05) is 53.0 Å². The number of halogens is 1. The zero-order valence-corrected chi connectivity index (χ0v) is 21.4. The summed E-state index contributed by atoms with van der Waals surface area (Å²) in [7, 11) is 1.83. The predicted octanol–water partition coefficient (Wildman–Crippen LogP) is 3.33. The Bertz CT molecular complexity index is 882. The van der Waals surface area contributed by atoms with E-state index in [0.29, 0.717) is 6.04 Å². The molecule has 6 nitrogen and oxygen atoms in total. The number of fused-ring (bicyclic) bond motifs is 1. The molecule has 2 aliphatic rings. The molecule has 0 aromatic heterocycles. The highest BCUT2D eigenvalue weighted by Gasteiger charge is 2.23. The molecule has 1 unspecified atom stereocenters. The van der Waals surface area contributed by atoms with Gasteiger partial charge in [-0.05, 0) is 36.1 Å². The van der Waals surface area contributed by atoms with Gasteiger partial charge < -0.3 is 20.1 Å². The Morgan fingerprint density at radius 3 is 2.59 bits per heavy atom. The molecule has 2 heterocycles. The number of aryl methyl sites for hydroxylation is 1. The molecule has 2 aromatic carbocycles. The van der Waals surface area contributed by atoms with E-state index in [4.69, 9.17) is 9.47 Å². The molecule has 2 N–H and O–H groups in total. The van der Waals surface area contributed by atoms with Crippen LogP contribution in [0.2, 0.25) is 0 Å². The van der Waals surface area contributed by atoms with Crippen molar-refractivity contribution in [3.8, 4) is 5.75 Å². The molecule has 0 amide bonds. The predicted molar refractivity (Wildman–Crippen MR) is 140 cm³/mol. The summed E-state index contributed by atoms with van der Waals surface area (Å²) in [6.45, 7) is 8.07. The van der Waals surface area contributed by atoms with Crippen molar-refractivity contribution < 1.29 is 9.47 Å². The first-order chi connectivity index (χ1) is 15.2. The first-order valence-corrected chi connectivity index (χ1v) is 11.3. The summed E-state index contributed by atoms with van der Waals surface area (Å²) in [4.78, 5) is 6.93. The van der Waals surface area contributed by atoms with E-state index in [1.54, 1.807) is 0 Å². The van der Waals surface area contributed by atoms with Gasteiger partial charge in [0.1, 0.15) is 5.75 Å². The van der Waals surface area contributed by atoms with Crippen LogP contribution < -0.4 is 15.4 Å². The summed E-state index contributed by atoms with van der Waals surface area (Å²) in [6.07, 6.45) is 1.97. The second-order valence-corrected chi connectivity index (χ2v) is 8.25. The van der Waals surface area contributed by atoms with Crippen LogP contribution in [0.1, 0.15) is 28.3 Å². The zero-order chi connectivity index (χ0) is 21.5. The average molecular weight is 550 g/mol. The molecule has 32 heavy (non-hydrogen) atoms. The third kappa shape index (κ3) is 6.59. The fourth-order valence-electron chi connectivity index (χ4n) is 4.27. The smallest absolute Gasteiger partial charge is 0.191 e. The van der Waals surface area contributed by atoms with Crippen LogP contribution in [-0.2, 0) is 17.6 Å². The number of guanidine groups is 1. The largest absolute Gasteiger partial charge is 0.493 e. The maximum atomic E-state index is 5.60. The Kier molecular flexibility index (Phi) is 9.62. The SMILES string of the molecule is CN=C(NCCc1ccc2c(c1)CCO2)NCC(c1ccc(C)cc1)N1CCOCC1.I. The summed E-state index contributed by atoms with van der Waals surface area (Å²) < 4.78 is 11.2. The van der Waals surface area contributed by atoms with Gasteiger partial charge in [0, 0.05) is 39.6 Å². The minimum atomic E-state index is 0. The lowest BCUT2D eigenvalue weighted by Crippen LogP contribution is -2.46. The Morgan fingerprint density at radius 2 is 1.84 bits per heavy atom. The third-order valence-electron chi connectivity index (χ3n) is 6.10. The van der Waals surface area contributed by atoms with Crippen LogP contribution in [0.15, 0.2) is 47.5 Å². The number of hydrogen-bond donors (Lipinski definition) is 2. The Morgan fingerprint density at radius 1 is 1.06 bits per heavy atom. The lowest BCUT2D eigenvalue weighted by atomic mass is 10.0. The van der Waals surface area contributed by atoms with Gasteiger partial charge in [0.05, 0.1) is 25.9 Å². The van der Waals surface area contributed by atoms with Crippen LogP contribution in [-0.4, -0.2) is 63.9 Å². The number of ether oxygens (including phenoxy) is 2. The highest BCUT2D eigenvalue weighted by atomic mass is 127. The molecule has 2 aromatic rings. The van der Waals surface area contributed by atoms with Gasteiger partial charge in [-0.3, -0.25) is 9.89 Å². The van der Waals surface area contributed by atoms with E-state index >= 15 is 0 Å². The van der Waals surface area contributed by atoms with Crippen molar-refractivity contribution in [3.63, 3.8) is 0 Å². The van der Waals surface area contributed by atoms with Crippen LogP contribution in [0, 0.1) is 6.92 Å². The molecule has 4 rings (SSSR count). The number of nitrogens with zero attached hydrogens (tertiary/aromatic N) is 2. The quantitative estimate of drug-likeness (QED) is 0.315. The normalized spacial score (nSPS) is 17.1. The van der Waals surface area contributed by atoms with Gasteiger partial charge in [-0.25, -0.2) is 0 Å². The molecule has 0 aliphatic carbocycles. The molecule has 0 radical (unpaired) electrons. The van der Waals surface area contributed by atoms with E-state index in [1.165, 1.54) is 22.3 Å². The standard InChI is InChI=1S/C25H34N4O2.HI/c1-19-3-6-21(7-4-19)23(29-12-15-30-16-13-29)18-28-25(26-2)27-11-9-20-5-8-24-22(17-20)10-14-31-24;/h3-8,17,23H,9-16,18H2,1-2H3,(H2,26,27,28);1H. The summed E-state index contributed by atoms with van der Waals surface area (Å²) in [6, 6.07) is 15.7. The maximum Gasteiger partial charge on any atom is 0.191 e. The lowest BCUT2D eigenvalue weighted by Gasteiger charge is -2.35. The number of morpholine rings is 1. The maximum absolute atomic E-state index is 5.60. The minimum Gasteiger partial charge on any atom is -0.493 e. The van der Waals surface area contributed by atoms with Gasteiger partial charge in [0.2, 0.25) is 0 Å². The molecule has 1 atom stereocenters. The van der Waals surface area contributed by atoms with Crippen LogP contribution in [0.25, 0.3) is 0 Å². The lowest BCUT2D eigenvalue weighted by molar-refractivity contribution is 0.0170. The number of benzene rings is 2. The van der Waals surface area contributed by atoms with E-state index in [0.717, 1.165) is 70.6 Å². The highest BCUT2D eigenvalue weighted by Crippen LogP contribution is 2.26. The van der Waals surface area contributed by atoms with Crippen molar-refractivity contribution in [1.82, 2.24) is 15.5 Å². The van der Waals surface area contributed by atoms with Gasteiger partial charge >= 0.3 is 0 Å². The number of hydrogen-bond acceptors (Lipinski definition) is 4. The molecule has 0 spiro atoms. The summed E-state index contributed by atoms with van der Waals surface area (Å²) in [5.41, 5.74) is 5.27. The molecule has 7 heteroatoms. The zero-order valence-electron chi connectivity index (χ0n) is 19.1. The Balaban J connectivity index is 0.00000289. The van der Waals surface area contributed by atoms with Crippen molar-refractivity contribution in [1.29, 1.82) is 0 Å². The summed E-state index contributed by atoms with van der Waals surface area (Å²) in [5, 5.41) is 7.01. The monoisotopic (exact) mass is 550 g/mol. The summed E-state index contributed by atoms with van der Waals surface area (Å²) >= 11 is 0. The second-order valence-electron chi connectivity index (χ2n) is 8.25. The molecule has 0 bridgehead atoms. The van der Waals surface area contributed by atoms with Crippen molar-refractivity contribution in [3.05, 3.63) is 64.7 Å². The van der Waals surface area contributed by atoms with E-state index in [2.05, 4.69) is 69.9 Å². The number of rotatable bonds is 7. The number of nitrogens with one attached hydrogen (secondary N) is 2. The molecule has 0 saturated carbocycles. The molecule has 2 aliphatic heterocycles. The van der Waals surface area contributed by atoms with Gasteiger partial charge in [0.15, 0.2) is 5.96 Å². The molecule has 174 valence electrons. The Hall–Kier alpha value is -1.84. The van der Waals surface area contributed by atoms with Gasteiger partial charge in [-0.15, -0.1) is 24.0 Å². The van der Waals surface area contributed by atoms with Crippen molar-refractivity contribution >= 4 is 29.9 Å². The van der Waals surface area contributed by atoms with Crippen LogP contribution in [0.5, 0.6) is 5.75 Å². The minimum absolute atomic E-state index is 0. The van der Waals surface area contributed by atoms with E-state index in [9.17, 15) is 0 Å². The first-order valence-electron chi connectivity index (χ1n) is 11.3. The van der Waals surface area contributed by atoms with E-state index in [1.807, 2.05) is 7.05 Å². The number of aliphatic imine (C=N–C) groups is 1. The van der Waals surface area contributed by atoms with Crippen LogP contribution in [0.3, 0.4) is 0 Å². The molecular weight excluding hydrogens is 515 g/mol. The Labute approximate surface area is 208 Å². The third-order valence-corrected chi connectivity index (χ3v) is 6.10. The van der Waals surface area contributed by atoms with Crippen LogP contribution in [0.4, 0.5) is 0 Å². The van der Waals surface area contributed by atoms with E-state index in [-0.39, 0.29) is 24.0 Å². The van der Waals surface area contributed by atoms with Crippen molar-refractivity contribution in [2.45, 2.75) is 25.8 Å². The van der Waals surface area contributed by atoms with Gasteiger partial charge in [-0.1, -0.05) is 42.0 Å². The van der Waals surface area contributed by atoms with Crippen LogP contribution >= 0.6 is 24.0 Å². The molecule has 1 saturated heterocycles. The van der Waals surface area contributed by atoms with Gasteiger partial charge in [-0.2, -0.15) is 0 Å². The average Bonchev–Trinajstić information content (AvgIpc) is 3.28. The summed E-state index contributed by atoms with van der Waals surface area (Å²) in [5.74, 6) is 1.88. The fourth-order valence-corrected chi connectivity index (χ4v) is 4.27. The molecular formula is C25H35IN4O2. The first kappa shape index (κ1) is 24.8. The van der Waals surface area contributed by atoms with Gasteiger partial charge in [0.25, 0.3) is 0 Å². The van der Waals surface area contributed by atoms with E-state index < -0.39 is 0 Å². The fraction of sp³-hybridized carbons (Fsp3) is 0.480. The second kappa shape index (κ2) is 12.4. The van der Waals surface area contributed by atoms with Crippen molar-refractivity contribution in [2.24, 2.45) is 4.99 Å². The molecule has 1 fully saturated rings.